The molecule has 1 saturated heterocycles. The maximum atomic E-state index is 11.9. The van der Waals surface area contributed by atoms with Crippen LogP contribution in [0.1, 0.15) is 29.4 Å². The van der Waals surface area contributed by atoms with E-state index < -0.39 is 5.91 Å². The molecule has 3 rings (SSSR count). The Morgan fingerprint density at radius 3 is 2.86 bits per heavy atom. The van der Waals surface area contributed by atoms with Crippen molar-refractivity contribution < 1.29 is 9.59 Å². The number of aromatic nitrogens is 2. The molecule has 1 aliphatic rings. The summed E-state index contributed by atoms with van der Waals surface area (Å²) < 4.78 is 0. The molecule has 1 aromatic carbocycles. The molecule has 1 aliphatic heterocycles. The van der Waals surface area contributed by atoms with E-state index in [0.717, 1.165) is 17.7 Å². The number of aryl methyl sites for hydroxylation is 1. The van der Waals surface area contributed by atoms with Gasteiger partial charge in [-0.1, -0.05) is 18.7 Å². The zero-order valence-electron chi connectivity index (χ0n) is 16.0. The Balaban J connectivity index is 1.82. The van der Waals surface area contributed by atoms with Crippen molar-refractivity contribution in [1.82, 2.24) is 14.9 Å². The van der Waals surface area contributed by atoms with Crippen molar-refractivity contribution >= 4 is 29.1 Å². The second kappa shape index (κ2) is 8.08. The van der Waals surface area contributed by atoms with Gasteiger partial charge < -0.3 is 21.3 Å². The number of hydrogen-bond acceptors (Lipinski definition) is 6. The average Bonchev–Trinajstić information content (AvgIpc) is 3.01. The lowest BCUT2D eigenvalue weighted by atomic mass is 10.1. The predicted molar refractivity (Wildman–Crippen MR) is 108 cm³/mol. The third kappa shape index (κ3) is 4.11. The Hall–Kier alpha value is -3.42. The summed E-state index contributed by atoms with van der Waals surface area (Å²) in [7, 11) is 0. The van der Waals surface area contributed by atoms with Crippen LogP contribution in [0.3, 0.4) is 0 Å². The minimum atomic E-state index is -0.661. The van der Waals surface area contributed by atoms with Gasteiger partial charge in [0.25, 0.3) is 5.91 Å². The van der Waals surface area contributed by atoms with E-state index >= 15 is 0 Å². The number of likely N-dealkylation sites (tertiary alicyclic amines) is 1. The van der Waals surface area contributed by atoms with Gasteiger partial charge in [-0.05, 0) is 44.0 Å². The van der Waals surface area contributed by atoms with E-state index in [1.165, 1.54) is 12.3 Å². The number of nitrogens with one attached hydrogen (secondary N) is 2. The normalized spacial score (nSPS) is 18.6. The van der Waals surface area contributed by atoms with Gasteiger partial charge in [0, 0.05) is 24.3 Å². The second-order valence-electron chi connectivity index (χ2n) is 6.83. The molecule has 8 heteroatoms. The first kappa shape index (κ1) is 19.3. The highest BCUT2D eigenvalue weighted by Crippen LogP contribution is 2.24. The number of carbonyl (C=O) groups is 2. The quantitative estimate of drug-likeness (QED) is 0.662. The summed E-state index contributed by atoms with van der Waals surface area (Å²) in [6, 6.07) is 7.69. The molecule has 0 radical (unpaired) electrons. The van der Waals surface area contributed by atoms with E-state index in [9.17, 15) is 9.59 Å². The summed E-state index contributed by atoms with van der Waals surface area (Å²) in [6.07, 6.45) is 3.58. The zero-order valence-corrected chi connectivity index (χ0v) is 16.0. The molecule has 0 unspecified atom stereocenters. The average molecular weight is 380 g/mol. The summed E-state index contributed by atoms with van der Waals surface area (Å²) >= 11 is 0. The molecule has 8 nitrogen and oxygen atoms in total. The summed E-state index contributed by atoms with van der Waals surface area (Å²) in [5.41, 5.74) is 7.36. The Morgan fingerprint density at radius 1 is 1.39 bits per heavy atom. The molecule has 0 bridgehead atoms. The number of hydrogen-bond donors (Lipinski definition) is 3. The molecule has 1 fully saturated rings. The van der Waals surface area contributed by atoms with Crippen LogP contribution in [0.2, 0.25) is 0 Å². The molecule has 1 aromatic heterocycles. The van der Waals surface area contributed by atoms with Gasteiger partial charge in [0.15, 0.2) is 11.5 Å². The molecular weight excluding hydrogens is 356 g/mol. The van der Waals surface area contributed by atoms with E-state index in [1.54, 1.807) is 4.90 Å². The SMILES string of the molecule is C=CC(=O)N1CC[C@@H](Nc2cnc(C(N)=O)c(Nc3cccc(C)c3)n2)[C@H]1C. The molecular formula is C20H24N6O2. The monoisotopic (exact) mass is 380 g/mol. The number of nitrogens with zero attached hydrogens (tertiary/aromatic N) is 3. The van der Waals surface area contributed by atoms with E-state index in [2.05, 4.69) is 27.2 Å². The molecule has 2 atom stereocenters. The van der Waals surface area contributed by atoms with E-state index in [0.29, 0.717) is 12.4 Å². The fourth-order valence-corrected chi connectivity index (χ4v) is 3.34. The van der Waals surface area contributed by atoms with Crippen LogP contribution in [0, 0.1) is 6.92 Å². The first-order valence-electron chi connectivity index (χ1n) is 9.09. The molecule has 2 amide bonds. The van der Waals surface area contributed by atoms with Crippen LogP contribution < -0.4 is 16.4 Å². The van der Waals surface area contributed by atoms with E-state index in [4.69, 9.17) is 5.73 Å². The van der Waals surface area contributed by atoms with Gasteiger partial charge in [0.2, 0.25) is 5.91 Å². The lowest BCUT2D eigenvalue weighted by Crippen LogP contribution is -2.39. The number of nitrogens with two attached hydrogens (primary N) is 1. The molecule has 2 heterocycles. The highest BCUT2D eigenvalue weighted by atomic mass is 16.2. The van der Waals surface area contributed by atoms with Gasteiger partial charge in [0.1, 0.15) is 5.82 Å². The summed E-state index contributed by atoms with van der Waals surface area (Å²) in [4.78, 5) is 34.1. The zero-order chi connectivity index (χ0) is 20.3. The highest BCUT2D eigenvalue weighted by Gasteiger charge is 2.33. The van der Waals surface area contributed by atoms with Crippen LogP contribution in [0.4, 0.5) is 17.3 Å². The third-order valence-corrected chi connectivity index (χ3v) is 4.83. The summed E-state index contributed by atoms with van der Waals surface area (Å²) in [5, 5.41) is 6.42. The van der Waals surface area contributed by atoms with Crippen LogP contribution in [0.15, 0.2) is 43.1 Å². The smallest absolute Gasteiger partial charge is 0.271 e. The maximum Gasteiger partial charge on any atom is 0.271 e. The van der Waals surface area contributed by atoms with E-state index in [-0.39, 0.29) is 29.5 Å². The van der Waals surface area contributed by atoms with Crippen LogP contribution in [0.25, 0.3) is 0 Å². The van der Waals surface area contributed by atoms with Gasteiger partial charge in [0.05, 0.1) is 6.20 Å². The molecule has 4 N–H and O–H groups in total. The number of carbonyl (C=O) groups excluding carboxylic acids is 2. The Labute approximate surface area is 163 Å². The van der Waals surface area contributed by atoms with Crippen LogP contribution in [-0.4, -0.2) is 45.3 Å². The lowest BCUT2D eigenvalue weighted by Gasteiger charge is -2.24. The van der Waals surface area contributed by atoms with Gasteiger partial charge in [-0.15, -0.1) is 0 Å². The lowest BCUT2D eigenvalue weighted by molar-refractivity contribution is -0.126. The maximum absolute atomic E-state index is 11.9. The number of rotatable bonds is 6. The van der Waals surface area contributed by atoms with Crippen molar-refractivity contribution in [3.63, 3.8) is 0 Å². The predicted octanol–water partition coefficient (Wildman–Crippen LogP) is 2.21. The number of primary amides is 1. The fourth-order valence-electron chi connectivity index (χ4n) is 3.34. The van der Waals surface area contributed by atoms with Crippen molar-refractivity contribution in [2.24, 2.45) is 5.73 Å². The van der Waals surface area contributed by atoms with Crippen molar-refractivity contribution in [3.8, 4) is 0 Å². The number of anilines is 3. The van der Waals surface area contributed by atoms with E-state index in [1.807, 2.05) is 38.1 Å². The van der Waals surface area contributed by atoms with Gasteiger partial charge >= 0.3 is 0 Å². The number of amides is 2. The van der Waals surface area contributed by atoms with Crippen LogP contribution in [-0.2, 0) is 4.79 Å². The second-order valence-corrected chi connectivity index (χ2v) is 6.83. The third-order valence-electron chi connectivity index (χ3n) is 4.83. The summed E-state index contributed by atoms with van der Waals surface area (Å²) in [5.74, 6) is 0.0395. The van der Waals surface area contributed by atoms with Crippen LogP contribution >= 0.6 is 0 Å². The first-order valence-corrected chi connectivity index (χ1v) is 9.09. The van der Waals surface area contributed by atoms with Crippen molar-refractivity contribution in [2.45, 2.75) is 32.4 Å². The van der Waals surface area contributed by atoms with Crippen molar-refractivity contribution in [2.75, 3.05) is 17.2 Å². The Bertz CT molecular complexity index is 913. The molecule has 28 heavy (non-hydrogen) atoms. The Morgan fingerprint density at radius 2 is 2.18 bits per heavy atom. The molecule has 2 aromatic rings. The van der Waals surface area contributed by atoms with Gasteiger partial charge in [-0.25, -0.2) is 9.97 Å². The summed E-state index contributed by atoms with van der Waals surface area (Å²) in [6.45, 7) is 8.14. The molecule has 0 aliphatic carbocycles. The van der Waals surface area contributed by atoms with Crippen molar-refractivity contribution in [3.05, 3.63) is 54.4 Å². The van der Waals surface area contributed by atoms with Gasteiger partial charge in [-0.3, -0.25) is 9.59 Å². The van der Waals surface area contributed by atoms with Crippen LogP contribution in [0.5, 0.6) is 0 Å². The topological polar surface area (TPSA) is 113 Å². The fraction of sp³-hybridized carbons (Fsp3) is 0.300. The number of benzene rings is 1. The highest BCUT2D eigenvalue weighted by molar-refractivity contribution is 5.96. The molecule has 0 saturated carbocycles. The van der Waals surface area contributed by atoms with Crippen molar-refractivity contribution in [1.29, 1.82) is 0 Å². The molecule has 0 spiro atoms. The molecule has 146 valence electrons. The Kier molecular flexibility index (Phi) is 5.58. The standard InChI is InChI=1S/C20H24N6O2/c1-4-17(27)26-9-8-15(13(26)3)24-16-11-22-18(19(21)28)20(25-16)23-14-7-5-6-12(2)10-14/h4-7,10-11,13,15H,1,8-9H2,2-3H3,(H2,21,28)(H2,23,24,25)/t13-,15-/m1/s1. The largest absolute Gasteiger partial charge is 0.364 e. The first-order chi connectivity index (χ1) is 13.4. The minimum absolute atomic E-state index is 0.0173. The van der Waals surface area contributed by atoms with Gasteiger partial charge in [-0.2, -0.15) is 0 Å². The minimum Gasteiger partial charge on any atom is -0.364 e.